The topological polar surface area (TPSA) is 85.4 Å². The molecule has 0 N–H and O–H groups in total. The molecule has 0 aliphatic carbocycles. The van der Waals surface area contributed by atoms with Crippen molar-refractivity contribution in [2.45, 2.75) is 19.9 Å². The molecule has 1 saturated heterocycles. The SMILES string of the molecule is CC(=O)[C@@H](C)n1c(N2CCN(C)CC2)nc2c1c(=O)n(C)c(=O)n2C. The fourth-order valence-electron chi connectivity index (χ4n) is 3.18. The second-order valence-corrected chi connectivity index (χ2v) is 6.74. The second-order valence-electron chi connectivity index (χ2n) is 6.74. The second kappa shape index (κ2) is 6.14. The molecule has 9 heteroatoms. The maximum absolute atomic E-state index is 12.7. The highest BCUT2D eigenvalue weighted by Gasteiger charge is 2.28. The van der Waals surface area contributed by atoms with Crippen molar-refractivity contribution in [1.82, 2.24) is 23.6 Å². The van der Waals surface area contributed by atoms with Crippen molar-refractivity contribution in [1.29, 1.82) is 0 Å². The number of ketones is 1. The van der Waals surface area contributed by atoms with Gasteiger partial charge in [0, 0.05) is 40.3 Å². The minimum absolute atomic E-state index is 0.0643. The molecule has 0 spiro atoms. The van der Waals surface area contributed by atoms with Gasteiger partial charge in [-0.25, -0.2) is 4.79 Å². The number of aromatic nitrogens is 4. The zero-order valence-corrected chi connectivity index (χ0v) is 15.3. The van der Waals surface area contributed by atoms with Crippen LogP contribution in [-0.2, 0) is 18.9 Å². The molecule has 1 fully saturated rings. The van der Waals surface area contributed by atoms with E-state index in [0.29, 0.717) is 17.1 Å². The Kier molecular flexibility index (Phi) is 4.28. The first-order valence-electron chi connectivity index (χ1n) is 8.36. The molecule has 3 heterocycles. The van der Waals surface area contributed by atoms with Crippen LogP contribution in [0.4, 0.5) is 5.95 Å². The van der Waals surface area contributed by atoms with Crippen LogP contribution in [0.3, 0.4) is 0 Å². The van der Waals surface area contributed by atoms with Gasteiger partial charge in [0.2, 0.25) is 5.95 Å². The Labute approximate surface area is 145 Å². The number of likely N-dealkylation sites (N-methyl/N-ethyl adjacent to an activating group) is 1. The van der Waals surface area contributed by atoms with Gasteiger partial charge < -0.3 is 9.80 Å². The van der Waals surface area contributed by atoms with Crippen LogP contribution in [0.25, 0.3) is 11.2 Å². The van der Waals surface area contributed by atoms with Crippen LogP contribution in [0.5, 0.6) is 0 Å². The van der Waals surface area contributed by atoms with Crippen molar-refractivity contribution in [2.75, 3.05) is 38.1 Å². The number of rotatable bonds is 3. The van der Waals surface area contributed by atoms with E-state index in [1.165, 1.54) is 18.5 Å². The summed E-state index contributed by atoms with van der Waals surface area (Å²) in [7, 11) is 5.08. The molecule has 0 amide bonds. The average molecular weight is 348 g/mol. The molecule has 1 aliphatic rings. The van der Waals surface area contributed by atoms with Gasteiger partial charge in [-0.3, -0.25) is 23.3 Å². The van der Waals surface area contributed by atoms with E-state index in [1.54, 1.807) is 18.5 Å². The summed E-state index contributed by atoms with van der Waals surface area (Å²) >= 11 is 0. The summed E-state index contributed by atoms with van der Waals surface area (Å²) in [4.78, 5) is 45.9. The van der Waals surface area contributed by atoms with Gasteiger partial charge in [-0.05, 0) is 20.9 Å². The Morgan fingerprint density at radius 1 is 1.04 bits per heavy atom. The zero-order valence-electron chi connectivity index (χ0n) is 15.3. The number of imidazole rings is 1. The van der Waals surface area contributed by atoms with Crippen LogP contribution in [0, 0.1) is 0 Å². The van der Waals surface area contributed by atoms with Crippen LogP contribution >= 0.6 is 0 Å². The summed E-state index contributed by atoms with van der Waals surface area (Å²) in [6.45, 7) is 6.49. The lowest BCUT2D eigenvalue weighted by atomic mass is 10.2. The third-order valence-corrected chi connectivity index (χ3v) is 5.03. The number of hydrogen-bond acceptors (Lipinski definition) is 6. The molecule has 9 nitrogen and oxygen atoms in total. The Hall–Kier alpha value is -2.42. The number of anilines is 1. The van der Waals surface area contributed by atoms with Crippen LogP contribution in [0.1, 0.15) is 19.9 Å². The molecule has 0 saturated carbocycles. The number of Topliss-reactive ketones (excluding diaryl/α,β-unsaturated/α-hetero) is 1. The highest BCUT2D eigenvalue weighted by molar-refractivity contribution is 5.84. The van der Waals surface area contributed by atoms with E-state index >= 15 is 0 Å². The van der Waals surface area contributed by atoms with Gasteiger partial charge in [0.05, 0.1) is 6.04 Å². The standard InChI is InChI=1S/C16H24N6O3/c1-10(11(2)23)22-12-13(19(4)16(25)20(5)14(12)24)17-15(22)21-8-6-18(3)7-9-21/h10H,6-9H2,1-5H3/t10-/m1/s1. The average Bonchev–Trinajstić information content (AvgIpc) is 2.98. The van der Waals surface area contributed by atoms with E-state index < -0.39 is 17.3 Å². The first kappa shape index (κ1) is 17.4. The smallest absolute Gasteiger partial charge is 0.332 e. The maximum atomic E-state index is 12.7. The number of hydrogen-bond donors (Lipinski definition) is 0. The molecule has 1 atom stereocenters. The normalized spacial score (nSPS) is 17.2. The van der Waals surface area contributed by atoms with Gasteiger partial charge >= 0.3 is 5.69 Å². The number of aryl methyl sites for hydroxylation is 1. The fraction of sp³-hybridized carbons (Fsp3) is 0.625. The van der Waals surface area contributed by atoms with Crippen molar-refractivity contribution >= 4 is 22.9 Å². The first-order chi connectivity index (χ1) is 11.7. The highest BCUT2D eigenvalue weighted by Crippen LogP contribution is 2.25. The van der Waals surface area contributed by atoms with Gasteiger partial charge in [0.15, 0.2) is 16.9 Å². The van der Waals surface area contributed by atoms with Gasteiger partial charge in [-0.1, -0.05) is 0 Å². The third kappa shape index (κ3) is 2.68. The summed E-state index contributed by atoms with van der Waals surface area (Å²) < 4.78 is 4.10. The van der Waals surface area contributed by atoms with Crippen molar-refractivity contribution in [3.05, 3.63) is 20.8 Å². The molecule has 0 radical (unpaired) electrons. The summed E-state index contributed by atoms with van der Waals surface area (Å²) in [5.74, 6) is 0.509. The monoisotopic (exact) mass is 348 g/mol. The predicted molar refractivity (Wildman–Crippen MR) is 95.3 cm³/mol. The van der Waals surface area contributed by atoms with Crippen LogP contribution in [0.15, 0.2) is 9.59 Å². The fourth-order valence-corrected chi connectivity index (χ4v) is 3.18. The van der Waals surface area contributed by atoms with Crippen LogP contribution in [0.2, 0.25) is 0 Å². The third-order valence-electron chi connectivity index (χ3n) is 5.03. The Balaban J connectivity index is 2.33. The quantitative estimate of drug-likeness (QED) is 0.732. The molecular weight excluding hydrogens is 324 g/mol. The lowest BCUT2D eigenvalue weighted by Crippen LogP contribution is -2.45. The van der Waals surface area contributed by atoms with Crippen molar-refractivity contribution < 1.29 is 4.79 Å². The zero-order chi connectivity index (χ0) is 18.5. The van der Waals surface area contributed by atoms with E-state index in [9.17, 15) is 14.4 Å². The number of piperazine rings is 1. The van der Waals surface area contributed by atoms with Gasteiger partial charge in [0.25, 0.3) is 5.56 Å². The number of carbonyl (C=O) groups is 1. The minimum Gasteiger partial charge on any atom is -0.340 e. The maximum Gasteiger partial charge on any atom is 0.332 e. The molecule has 3 rings (SSSR count). The lowest BCUT2D eigenvalue weighted by molar-refractivity contribution is -0.119. The summed E-state index contributed by atoms with van der Waals surface area (Å²) in [6.07, 6.45) is 0. The van der Waals surface area contributed by atoms with Crippen LogP contribution < -0.4 is 16.1 Å². The molecule has 2 aromatic heterocycles. The van der Waals surface area contributed by atoms with E-state index in [0.717, 1.165) is 30.7 Å². The van der Waals surface area contributed by atoms with Crippen molar-refractivity contribution in [2.24, 2.45) is 14.1 Å². The van der Waals surface area contributed by atoms with Crippen molar-refractivity contribution in [3.63, 3.8) is 0 Å². The van der Waals surface area contributed by atoms with Crippen molar-refractivity contribution in [3.8, 4) is 0 Å². The molecule has 1 aliphatic heterocycles. The van der Waals surface area contributed by atoms with Gasteiger partial charge in [-0.2, -0.15) is 4.98 Å². The Morgan fingerprint density at radius 2 is 1.64 bits per heavy atom. The van der Waals surface area contributed by atoms with Gasteiger partial charge in [-0.15, -0.1) is 0 Å². The molecule has 25 heavy (non-hydrogen) atoms. The van der Waals surface area contributed by atoms with E-state index in [1.807, 2.05) is 0 Å². The molecule has 136 valence electrons. The molecule has 0 bridgehead atoms. The first-order valence-corrected chi connectivity index (χ1v) is 8.36. The predicted octanol–water partition coefficient (Wildman–Crippen LogP) is -0.664. The largest absolute Gasteiger partial charge is 0.340 e. The molecule has 0 unspecified atom stereocenters. The van der Waals surface area contributed by atoms with E-state index in [-0.39, 0.29) is 5.78 Å². The van der Waals surface area contributed by atoms with Crippen LogP contribution in [-0.4, -0.2) is 62.6 Å². The number of fused-ring (bicyclic) bond motifs is 1. The summed E-state index contributed by atoms with van der Waals surface area (Å²) in [5.41, 5.74) is -0.252. The molecular formula is C16H24N6O3. The molecule has 0 aromatic carbocycles. The lowest BCUT2D eigenvalue weighted by Gasteiger charge is -2.33. The van der Waals surface area contributed by atoms with E-state index in [2.05, 4.69) is 21.8 Å². The summed E-state index contributed by atoms with van der Waals surface area (Å²) in [6, 6.07) is -0.537. The van der Waals surface area contributed by atoms with Gasteiger partial charge in [0.1, 0.15) is 0 Å². The van der Waals surface area contributed by atoms with E-state index in [4.69, 9.17) is 0 Å². The number of carbonyl (C=O) groups excluding carboxylic acids is 1. The Morgan fingerprint density at radius 3 is 2.20 bits per heavy atom. The highest BCUT2D eigenvalue weighted by atomic mass is 16.2. The number of nitrogens with zero attached hydrogens (tertiary/aromatic N) is 6. The summed E-state index contributed by atoms with van der Waals surface area (Å²) in [5, 5.41) is 0. The Bertz CT molecular complexity index is 945. The minimum atomic E-state index is -0.537. The molecule has 2 aromatic rings.